The summed E-state index contributed by atoms with van der Waals surface area (Å²) in [5.74, 6) is 0. The minimum absolute atomic E-state index is 0.0749. The second kappa shape index (κ2) is 5.78. The Kier molecular flexibility index (Phi) is 4.63. The highest BCUT2D eigenvalue weighted by Crippen LogP contribution is 2.13. The van der Waals surface area contributed by atoms with Gasteiger partial charge < -0.3 is 10.4 Å². The van der Waals surface area contributed by atoms with Crippen molar-refractivity contribution in [3.8, 4) is 0 Å². The number of likely N-dealkylation sites (N-methyl/N-ethyl adjacent to an activating group) is 1. The van der Waals surface area contributed by atoms with Crippen molar-refractivity contribution in [2.45, 2.75) is 26.3 Å². The van der Waals surface area contributed by atoms with E-state index in [1.165, 1.54) is 5.56 Å². The molecule has 1 atom stereocenters. The molecule has 0 heterocycles. The van der Waals surface area contributed by atoms with Crippen molar-refractivity contribution in [1.82, 2.24) is 5.32 Å². The summed E-state index contributed by atoms with van der Waals surface area (Å²) >= 11 is 0. The average Bonchev–Trinajstić information content (AvgIpc) is 2.26. The first-order valence-corrected chi connectivity index (χ1v) is 5.24. The Morgan fingerprint density at radius 2 is 1.86 bits per heavy atom. The molecule has 1 rings (SSSR count). The third-order valence-corrected chi connectivity index (χ3v) is 2.42. The van der Waals surface area contributed by atoms with E-state index < -0.39 is 0 Å². The van der Waals surface area contributed by atoms with Crippen LogP contribution in [0.1, 0.15) is 31.0 Å². The first kappa shape index (κ1) is 11.2. The highest BCUT2D eigenvalue weighted by molar-refractivity contribution is 5.25. The molecule has 1 unspecified atom stereocenters. The standard InChI is InChI=1S/C12H19NO/c1-3-10-5-7-11(8-6-10)12(9-14)13-4-2/h5-8,12-14H,3-4,9H2,1-2H3. The van der Waals surface area contributed by atoms with Crippen molar-refractivity contribution in [1.29, 1.82) is 0 Å². The molecule has 78 valence electrons. The summed E-state index contributed by atoms with van der Waals surface area (Å²) in [6, 6.07) is 8.49. The summed E-state index contributed by atoms with van der Waals surface area (Å²) in [7, 11) is 0. The molecule has 0 aliphatic rings. The molecule has 0 amide bonds. The lowest BCUT2D eigenvalue weighted by atomic mass is 10.0. The van der Waals surface area contributed by atoms with Crippen LogP contribution < -0.4 is 5.32 Å². The Hall–Kier alpha value is -0.860. The van der Waals surface area contributed by atoms with Gasteiger partial charge in [0.05, 0.1) is 12.6 Å². The second-order valence-electron chi connectivity index (χ2n) is 3.39. The van der Waals surface area contributed by atoms with Gasteiger partial charge in [-0.05, 0) is 24.1 Å². The largest absolute Gasteiger partial charge is 0.394 e. The molecule has 2 nitrogen and oxygen atoms in total. The molecular formula is C12H19NO. The molecule has 0 radical (unpaired) electrons. The Bertz CT molecular complexity index is 256. The molecule has 2 heteroatoms. The maximum absolute atomic E-state index is 9.17. The summed E-state index contributed by atoms with van der Waals surface area (Å²) in [6.45, 7) is 5.21. The van der Waals surface area contributed by atoms with Crippen molar-refractivity contribution < 1.29 is 5.11 Å². The van der Waals surface area contributed by atoms with E-state index in [4.69, 9.17) is 0 Å². The number of nitrogens with one attached hydrogen (secondary N) is 1. The van der Waals surface area contributed by atoms with Crippen LogP contribution in [0.25, 0.3) is 0 Å². The van der Waals surface area contributed by atoms with Gasteiger partial charge in [0.15, 0.2) is 0 Å². The molecule has 0 aliphatic carbocycles. The van der Waals surface area contributed by atoms with Crippen molar-refractivity contribution in [3.63, 3.8) is 0 Å². The number of hydrogen-bond acceptors (Lipinski definition) is 2. The van der Waals surface area contributed by atoms with E-state index in [0.717, 1.165) is 18.5 Å². The quantitative estimate of drug-likeness (QED) is 0.748. The smallest absolute Gasteiger partial charge is 0.0626 e. The number of hydrogen-bond donors (Lipinski definition) is 2. The van der Waals surface area contributed by atoms with E-state index >= 15 is 0 Å². The zero-order valence-electron chi connectivity index (χ0n) is 8.96. The fraction of sp³-hybridized carbons (Fsp3) is 0.500. The lowest BCUT2D eigenvalue weighted by Gasteiger charge is -2.15. The molecule has 2 N–H and O–H groups in total. The Labute approximate surface area is 86.0 Å². The van der Waals surface area contributed by atoms with Gasteiger partial charge in [0, 0.05) is 0 Å². The highest BCUT2D eigenvalue weighted by Gasteiger charge is 2.07. The fourth-order valence-corrected chi connectivity index (χ4v) is 1.52. The zero-order valence-corrected chi connectivity index (χ0v) is 8.96. The molecule has 0 aliphatic heterocycles. The van der Waals surface area contributed by atoms with E-state index in [9.17, 15) is 5.11 Å². The molecule has 0 saturated carbocycles. The van der Waals surface area contributed by atoms with Gasteiger partial charge in [-0.2, -0.15) is 0 Å². The molecule has 0 bridgehead atoms. The van der Waals surface area contributed by atoms with Gasteiger partial charge in [-0.15, -0.1) is 0 Å². The van der Waals surface area contributed by atoms with Crippen molar-refractivity contribution in [2.75, 3.05) is 13.2 Å². The van der Waals surface area contributed by atoms with Crippen LogP contribution in [-0.4, -0.2) is 18.3 Å². The molecule has 0 saturated heterocycles. The van der Waals surface area contributed by atoms with Crippen molar-refractivity contribution >= 4 is 0 Å². The highest BCUT2D eigenvalue weighted by atomic mass is 16.3. The van der Waals surface area contributed by atoms with Crippen LogP contribution >= 0.6 is 0 Å². The summed E-state index contributed by atoms with van der Waals surface area (Å²) in [4.78, 5) is 0. The summed E-state index contributed by atoms with van der Waals surface area (Å²) in [6.07, 6.45) is 1.06. The lowest BCUT2D eigenvalue weighted by molar-refractivity contribution is 0.246. The predicted octanol–water partition coefficient (Wildman–Crippen LogP) is 1.89. The van der Waals surface area contributed by atoms with Crippen LogP contribution in [-0.2, 0) is 6.42 Å². The minimum atomic E-state index is 0.0749. The minimum Gasteiger partial charge on any atom is -0.394 e. The SMILES string of the molecule is CCNC(CO)c1ccc(CC)cc1. The number of aliphatic hydroxyl groups excluding tert-OH is 1. The fourth-order valence-electron chi connectivity index (χ4n) is 1.52. The lowest BCUT2D eigenvalue weighted by Crippen LogP contribution is -2.23. The maximum atomic E-state index is 9.17. The second-order valence-corrected chi connectivity index (χ2v) is 3.39. The predicted molar refractivity (Wildman–Crippen MR) is 59.3 cm³/mol. The van der Waals surface area contributed by atoms with E-state index in [1.807, 2.05) is 6.92 Å². The molecule has 14 heavy (non-hydrogen) atoms. The Balaban J connectivity index is 2.73. The third kappa shape index (κ3) is 2.82. The van der Waals surface area contributed by atoms with E-state index in [1.54, 1.807) is 0 Å². The van der Waals surface area contributed by atoms with Crippen LogP contribution in [0, 0.1) is 0 Å². The van der Waals surface area contributed by atoms with Gasteiger partial charge >= 0.3 is 0 Å². The van der Waals surface area contributed by atoms with Gasteiger partial charge in [-0.25, -0.2) is 0 Å². The van der Waals surface area contributed by atoms with Crippen LogP contribution in [0.15, 0.2) is 24.3 Å². The third-order valence-electron chi connectivity index (χ3n) is 2.42. The Morgan fingerprint density at radius 3 is 2.29 bits per heavy atom. The van der Waals surface area contributed by atoms with Gasteiger partial charge in [-0.3, -0.25) is 0 Å². The summed E-state index contributed by atoms with van der Waals surface area (Å²) in [5.41, 5.74) is 2.49. The number of benzene rings is 1. The molecule has 0 fully saturated rings. The van der Waals surface area contributed by atoms with Gasteiger partial charge in [0.1, 0.15) is 0 Å². The van der Waals surface area contributed by atoms with Crippen LogP contribution in [0.3, 0.4) is 0 Å². The number of rotatable bonds is 5. The van der Waals surface area contributed by atoms with Crippen molar-refractivity contribution in [3.05, 3.63) is 35.4 Å². The van der Waals surface area contributed by atoms with Crippen molar-refractivity contribution in [2.24, 2.45) is 0 Å². The Morgan fingerprint density at radius 1 is 1.21 bits per heavy atom. The first-order valence-electron chi connectivity index (χ1n) is 5.24. The van der Waals surface area contributed by atoms with Gasteiger partial charge in [0.2, 0.25) is 0 Å². The molecule has 0 spiro atoms. The van der Waals surface area contributed by atoms with Crippen LogP contribution in [0.4, 0.5) is 0 Å². The molecule has 0 aromatic heterocycles. The monoisotopic (exact) mass is 193 g/mol. The summed E-state index contributed by atoms with van der Waals surface area (Å²) in [5, 5.41) is 12.4. The van der Waals surface area contributed by atoms with E-state index in [-0.39, 0.29) is 12.6 Å². The molecule has 1 aromatic rings. The molecular weight excluding hydrogens is 174 g/mol. The van der Waals surface area contributed by atoms with E-state index in [0.29, 0.717) is 0 Å². The number of aliphatic hydroxyl groups is 1. The van der Waals surface area contributed by atoms with Crippen LogP contribution in [0.2, 0.25) is 0 Å². The molecule has 1 aromatic carbocycles. The normalized spacial score (nSPS) is 12.8. The first-order chi connectivity index (χ1) is 6.81. The maximum Gasteiger partial charge on any atom is 0.0626 e. The summed E-state index contributed by atoms with van der Waals surface area (Å²) < 4.78 is 0. The number of aryl methyl sites for hydroxylation is 1. The van der Waals surface area contributed by atoms with Gasteiger partial charge in [0.25, 0.3) is 0 Å². The zero-order chi connectivity index (χ0) is 10.4. The van der Waals surface area contributed by atoms with Gasteiger partial charge in [-0.1, -0.05) is 38.1 Å². The average molecular weight is 193 g/mol. The van der Waals surface area contributed by atoms with Crippen LogP contribution in [0.5, 0.6) is 0 Å². The van der Waals surface area contributed by atoms with E-state index in [2.05, 4.69) is 36.5 Å². The topological polar surface area (TPSA) is 32.3 Å².